The largest absolute Gasteiger partial charge is 0.466 e. The maximum atomic E-state index is 11.1. The van der Waals surface area contributed by atoms with Crippen LogP contribution in [0.25, 0.3) is 0 Å². The fraction of sp³-hybridized carbons (Fsp3) is 0.643. The van der Waals surface area contributed by atoms with Crippen LogP contribution in [0.4, 0.5) is 0 Å². The van der Waals surface area contributed by atoms with Crippen LogP contribution in [0.5, 0.6) is 0 Å². The molecule has 0 unspecified atom stereocenters. The molecule has 0 spiro atoms. The molecule has 2 heteroatoms. The molecule has 16 heavy (non-hydrogen) atoms. The standard InChI is InChI=1S/C14H24O2/c1-5-6-7-9-12(2)10-8-11-13(3)14(15)16-4/h10-11H,5-9H2,1-4H3/b12-10+,13-11+. The van der Waals surface area contributed by atoms with Gasteiger partial charge in [0.1, 0.15) is 0 Å². The molecule has 0 aromatic heterocycles. The Kier molecular flexibility index (Phi) is 8.59. The first-order valence-corrected chi connectivity index (χ1v) is 6.02. The van der Waals surface area contributed by atoms with Gasteiger partial charge in [0.2, 0.25) is 0 Å². The number of carbonyl (C=O) groups is 1. The number of unbranched alkanes of at least 4 members (excludes halogenated alkanes) is 2. The van der Waals surface area contributed by atoms with E-state index in [4.69, 9.17) is 0 Å². The number of rotatable bonds is 7. The Morgan fingerprint density at radius 2 is 1.88 bits per heavy atom. The number of allylic oxidation sites excluding steroid dienone is 3. The minimum Gasteiger partial charge on any atom is -0.466 e. The molecule has 0 saturated heterocycles. The van der Waals surface area contributed by atoms with Crippen molar-refractivity contribution < 1.29 is 9.53 Å². The average Bonchev–Trinajstić information content (AvgIpc) is 2.28. The van der Waals surface area contributed by atoms with Crippen LogP contribution in [-0.4, -0.2) is 13.1 Å². The van der Waals surface area contributed by atoms with Gasteiger partial charge in [0.05, 0.1) is 7.11 Å². The monoisotopic (exact) mass is 224 g/mol. The van der Waals surface area contributed by atoms with Crippen molar-refractivity contribution in [2.45, 2.75) is 52.9 Å². The van der Waals surface area contributed by atoms with Gasteiger partial charge in [0.15, 0.2) is 0 Å². The number of esters is 1. The predicted molar refractivity (Wildman–Crippen MR) is 68.3 cm³/mol. The second kappa shape index (κ2) is 9.20. The minimum atomic E-state index is -0.239. The molecule has 0 heterocycles. The third-order valence-corrected chi connectivity index (χ3v) is 2.57. The van der Waals surface area contributed by atoms with Crippen LogP contribution in [0.2, 0.25) is 0 Å². The van der Waals surface area contributed by atoms with E-state index in [2.05, 4.69) is 24.7 Å². The van der Waals surface area contributed by atoms with Crippen LogP contribution in [0.15, 0.2) is 23.3 Å². The quantitative estimate of drug-likeness (QED) is 0.282. The van der Waals surface area contributed by atoms with E-state index in [9.17, 15) is 4.79 Å². The van der Waals surface area contributed by atoms with Crippen LogP contribution in [-0.2, 0) is 9.53 Å². The fourth-order valence-electron chi connectivity index (χ4n) is 1.44. The van der Waals surface area contributed by atoms with Crippen molar-refractivity contribution in [2.75, 3.05) is 7.11 Å². The molecule has 92 valence electrons. The number of hydrogen-bond acceptors (Lipinski definition) is 2. The molecule has 2 nitrogen and oxygen atoms in total. The predicted octanol–water partition coefficient (Wildman–Crippen LogP) is 4.02. The molecule has 0 rings (SSSR count). The van der Waals surface area contributed by atoms with Crippen LogP contribution < -0.4 is 0 Å². The lowest BCUT2D eigenvalue weighted by Crippen LogP contribution is -2.00. The fourth-order valence-corrected chi connectivity index (χ4v) is 1.44. The van der Waals surface area contributed by atoms with Gasteiger partial charge in [-0.1, -0.05) is 37.5 Å². The summed E-state index contributed by atoms with van der Waals surface area (Å²) in [6, 6.07) is 0. The second-order valence-corrected chi connectivity index (χ2v) is 4.12. The molecule has 0 aliphatic rings. The summed E-state index contributed by atoms with van der Waals surface area (Å²) in [5, 5.41) is 0. The summed E-state index contributed by atoms with van der Waals surface area (Å²) in [6.07, 6.45) is 9.89. The molecule has 0 bridgehead atoms. The molecule has 0 N–H and O–H groups in total. The van der Waals surface area contributed by atoms with Crippen LogP contribution in [0.1, 0.15) is 52.9 Å². The number of carbonyl (C=O) groups excluding carboxylic acids is 1. The van der Waals surface area contributed by atoms with Crippen molar-refractivity contribution in [3.63, 3.8) is 0 Å². The van der Waals surface area contributed by atoms with E-state index in [-0.39, 0.29) is 5.97 Å². The Morgan fingerprint density at radius 1 is 1.19 bits per heavy atom. The van der Waals surface area contributed by atoms with Crippen LogP contribution in [0.3, 0.4) is 0 Å². The van der Waals surface area contributed by atoms with E-state index in [0.29, 0.717) is 5.57 Å². The number of hydrogen-bond donors (Lipinski definition) is 0. The lowest BCUT2D eigenvalue weighted by atomic mass is 10.1. The van der Waals surface area contributed by atoms with Gasteiger partial charge in [-0.05, 0) is 33.1 Å². The van der Waals surface area contributed by atoms with Gasteiger partial charge in [-0.25, -0.2) is 4.79 Å². The first kappa shape index (κ1) is 14.9. The molecule has 0 amide bonds. The third-order valence-electron chi connectivity index (χ3n) is 2.57. The number of ether oxygens (including phenoxy) is 1. The zero-order chi connectivity index (χ0) is 12.4. The molecule has 0 aromatic rings. The summed E-state index contributed by atoms with van der Waals surface area (Å²) in [6.45, 7) is 6.14. The Morgan fingerprint density at radius 3 is 2.44 bits per heavy atom. The smallest absolute Gasteiger partial charge is 0.333 e. The molecule has 0 radical (unpaired) electrons. The van der Waals surface area contributed by atoms with Crippen LogP contribution in [0, 0.1) is 0 Å². The molecule has 0 fully saturated rings. The van der Waals surface area contributed by atoms with Gasteiger partial charge in [0.25, 0.3) is 0 Å². The van der Waals surface area contributed by atoms with E-state index in [1.165, 1.54) is 38.4 Å². The normalized spacial score (nSPS) is 12.8. The van der Waals surface area contributed by atoms with Crippen molar-refractivity contribution in [1.82, 2.24) is 0 Å². The molecule has 0 aliphatic heterocycles. The highest BCUT2D eigenvalue weighted by molar-refractivity contribution is 5.87. The minimum absolute atomic E-state index is 0.239. The van der Waals surface area contributed by atoms with Gasteiger partial charge in [-0.3, -0.25) is 0 Å². The number of methoxy groups -OCH3 is 1. The Bertz CT molecular complexity index is 262. The summed E-state index contributed by atoms with van der Waals surface area (Å²) in [4.78, 5) is 11.1. The van der Waals surface area contributed by atoms with E-state index >= 15 is 0 Å². The lowest BCUT2D eigenvalue weighted by molar-refractivity contribution is -0.136. The van der Waals surface area contributed by atoms with Crippen molar-refractivity contribution >= 4 is 5.97 Å². The molecule has 0 aliphatic carbocycles. The SMILES string of the molecule is CCCCC/C(C)=C/C/C=C(\C)C(=O)OC. The zero-order valence-corrected chi connectivity index (χ0v) is 11.0. The first-order valence-electron chi connectivity index (χ1n) is 6.02. The van der Waals surface area contributed by atoms with E-state index in [1.54, 1.807) is 6.92 Å². The molecular weight excluding hydrogens is 200 g/mol. The third kappa shape index (κ3) is 7.27. The molecule has 0 saturated carbocycles. The zero-order valence-electron chi connectivity index (χ0n) is 11.0. The van der Waals surface area contributed by atoms with E-state index in [0.717, 1.165) is 6.42 Å². The topological polar surface area (TPSA) is 26.3 Å². The van der Waals surface area contributed by atoms with E-state index < -0.39 is 0 Å². The average molecular weight is 224 g/mol. The maximum Gasteiger partial charge on any atom is 0.333 e. The summed E-state index contributed by atoms with van der Waals surface area (Å²) in [5.74, 6) is -0.239. The van der Waals surface area contributed by atoms with Gasteiger partial charge in [-0.2, -0.15) is 0 Å². The Labute approximate surface area is 99.4 Å². The van der Waals surface area contributed by atoms with Crippen molar-refractivity contribution in [3.05, 3.63) is 23.3 Å². The molecular formula is C14H24O2. The van der Waals surface area contributed by atoms with Crippen molar-refractivity contribution in [1.29, 1.82) is 0 Å². The highest BCUT2D eigenvalue weighted by atomic mass is 16.5. The molecule has 0 aromatic carbocycles. The van der Waals surface area contributed by atoms with Crippen molar-refractivity contribution in [3.8, 4) is 0 Å². The van der Waals surface area contributed by atoms with Gasteiger partial charge in [-0.15, -0.1) is 0 Å². The highest BCUT2D eigenvalue weighted by Crippen LogP contribution is 2.09. The highest BCUT2D eigenvalue weighted by Gasteiger charge is 2.00. The Balaban J connectivity index is 3.93. The van der Waals surface area contributed by atoms with E-state index in [1.807, 2.05) is 6.08 Å². The second-order valence-electron chi connectivity index (χ2n) is 4.12. The van der Waals surface area contributed by atoms with Crippen molar-refractivity contribution in [2.24, 2.45) is 0 Å². The summed E-state index contributed by atoms with van der Waals surface area (Å²) >= 11 is 0. The first-order chi connectivity index (χ1) is 7.61. The summed E-state index contributed by atoms with van der Waals surface area (Å²) in [5.41, 5.74) is 2.09. The Hall–Kier alpha value is -1.05. The lowest BCUT2D eigenvalue weighted by Gasteiger charge is -2.00. The maximum absolute atomic E-state index is 11.1. The van der Waals surface area contributed by atoms with Gasteiger partial charge in [0, 0.05) is 5.57 Å². The summed E-state index contributed by atoms with van der Waals surface area (Å²) in [7, 11) is 1.41. The van der Waals surface area contributed by atoms with Gasteiger partial charge >= 0.3 is 5.97 Å². The molecule has 0 atom stereocenters. The van der Waals surface area contributed by atoms with Crippen LogP contribution >= 0.6 is 0 Å². The van der Waals surface area contributed by atoms with Gasteiger partial charge < -0.3 is 4.74 Å². The summed E-state index contributed by atoms with van der Waals surface area (Å²) < 4.78 is 4.62.